The van der Waals surface area contributed by atoms with Gasteiger partial charge in [0.15, 0.2) is 0 Å². The van der Waals surface area contributed by atoms with Gasteiger partial charge in [-0.2, -0.15) is 0 Å². The predicted octanol–water partition coefficient (Wildman–Crippen LogP) is 12.3. The van der Waals surface area contributed by atoms with Crippen LogP contribution in [0.2, 0.25) is 0 Å². The first kappa shape index (κ1) is 53.5. The average Bonchev–Trinajstić information content (AvgIpc) is 3.12. The minimum Gasteiger partial charge on any atom is -0.756 e. The molecule has 0 saturated carbocycles. The van der Waals surface area contributed by atoms with Crippen molar-refractivity contribution in [3.8, 4) is 0 Å². The number of hydrogen-bond acceptors (Lipinski definition) is 6. The second-order valence-corrected chi connectivity index (χ2v) is 18.8. The van der Waals surface area contributed by atoms with Gasteiger partial charge >= 0.3 is 0 Å². The van der Waals surface area contributed by atoms with E-state index in [0.717, 1.165) is 19.3 Å². The van der Waals surface area contributed by atoms with Crippen LogP contribution >= 0.6 is 7.82 Å². The lowest BCUT2D eigenvalue weighted by Gasteiger charge is -2.30. The maximum atomic E-state index is 12.2. The van der Waals surface area contributed by atoms with Gasteiger partial charge in [-0.15, -0.1) is 0 Å². The van der Waals surface area contributed by atoms with E-state index in [9.17, 15) is 19.4 Å². The van der Waals surface area contributed by atoms with Gasteiger partial charge in [0.2, 0.25) is 5.91 Å². The first-order chi connectivity index (χ1) is 26.0. The van der Waals surface area contributed by atoms with E-state index < -0.39 is 20.0 Å². The molecule has 0 aliphatic carbocycles. The molecule has 0 heterocycles. The molecule has 0 radical (unpaired) electrons. The van der Waals surface area contributed by atoms with Crippen LogP contribution in [-0.2, 0) is 18.4 Å². The van der Waals surface area contributed by atoms with Crippen molar-refractivity contribution in [1.82, 2.24) is 5.32 Å². The summed E-state index contributed by atoms with van der Waals surface area (Å²) in [6.07, 6.45) is 43.8. The van der Waals surface area contributed by atoms with E-state index >= 15 is 0 Å². The molecule has 3 unspecified atom stereocenters. The van der Waals surface area contributed by atoms with Gasteiger partial charge in [-0.1, -0.05) is 219 Å². The largest absolute Gasteiger partial charge is 0.756 e. The SMILES string of the molecule is CCCCCCCCCCCCCCCCCCCCCCCCCCCCCCCCCCC(O)C(COP(=O)([O-])OCC[N+](C)(C)C)NC(=O)CC. The van der Waals surface area contributed by atoms with Crippen molar-refractivity contribution in [2.75, 3.05) is 40.9 Å². The zero-order valence-electron chi connectivity index (χ0n) is 36.7. The van der Waals surface area contributed by atoms with E-state index in [1.807, 2.05) is 21.1 Å². The smallest absolute Gasteiger partial charge is 0.268 e. The van der Waals surface area contributed by atoms with Crippen LogP contribution in [0, 0.1) is 0 Å². The summed E-state index contributed by atoms with van der Waals surface area (Å²) in [5.74, 6) is -0.250. The highest BCUT2D eigenvalue weighted by atomic mass is 31.2. The molecule has 0 aliphatic heterocycles. The minimum atomic E-state index is -4.52. The van der Waals surface area contributed by atoms with Crippen molar-refractivity contribution in [3.63, 3.8) is 0 Å². The molecule has 0 spiro atoms. The molecule has 1 amide bonds. The number of quaternary nitrogens is 1. The molecule has 0 aliphatic rings. The number of aliphatic hydroxyl groups excluding tert-OH is 1. The maximum absolute atomic E-state index is 12.2. The summed E-state index contributed by atoms with van der Waals surface area (Å²) < 4.78 is 22.8. The molecule has 0 aromatic carbocycles. The summed E-state index contributed by atoms with van der Waals surface area (Å²) in [7, 11) is 1.31. The molecule has 54 heavy (non-hydrogen) atoms. The van der Waals surface area contributed by atoms with Crippen LogP contribution in [0.15, 0.2) is 0 Å². The van der Waals surface area contributed by atoms with Crippen molar-refractivity contribution in [3.05, 3.63) is 0 Å². The van der Waals surface area contributed by atoms with E-state index in [-0.39, 0.29) is 25.5 Å². The molecule has 2 N–H and O–H groups in total. The van der Waals surface area contributed by atoms with Crippen LogP contribution in [-0.4, -0.2) is 68.5 Å². The number of phosphoric acid groups is 1. The molecular formula is C45H93N2O6P. The molecule has 0 aromatic rings. The van der Waals surface area contributed by atoms with E-state index in [1.54, 1.807) is 6.92 Å². The Morgan fingerprint density at radius 2 is 0.889 bits per heavy atom. The first-order valence-electron chi connectivity index (χ1n) is 23.4. The molecule has 3 atom stereocenters. The summed E-state index contributed by atoms with van der Waals surface area (Å²) in [4.78, 5) is 24.2. The second kappa shape index (κ2) is 38.0. The summed E-state index contributed by atoms with van der Waals surface area (Å²) >= 11 is 0. The molecule has 0 saturated heterocycles. The van der Waals surface area contributed by atoms with Gasteiger partial charge in [0.05, 0.1) is 39.9 Å². The lowest BCUT2D eigenvalue weighted by Crippen LogP contribution is -2.46. The number of carbonyl (C=O) groups excluding carboxylic acids is 1. The monoisotopic (exact) mass is 789 g/mol. The summed E-state index contributed by atoms with van der Waals surface area (Å²) in [5, 5.41) is 13.4. The Morgan fingerprint density at radius 1 is 0.574 bits per heavy atom. The van der Waals surface area contributed by atoms with Crippen molar-refractivity contribution >= 4 is 13.7 Å². The number of likely N-dealkylation sites (N-methyl/N-ethyl adjacent to an activating group) is 1. The predicted molar refractivity (Wildman–Crippen MR) is 229 cm³/mol. The molecule has 0 bridgehead atoms. The zero-order valence-corrected chi connectivity index (χ0v) is 37.6. The van der Waals surface area contributed by atoms with Gasteiger partial charge in [-0.05, 0) is 6.42 Å². The highest BCUT2D eigenvalue weighted by Crippen LogP contribution is 2.38. The van der Waals surface area contributed by atoms with Crippen molar-refractivity contribution < 1.29 is 32.9 Å². The van der Waals surface area contributed by atoms with Gasteiger partial charge in [0.25, 0.3) is 7.82 Å². The third-order valence-electron chi connectivity index (χ3n) is 10.9. The van der Waals surface area contributed by atoms with Gasteiger partial charge < -0.3 is 28.8 Å². The lowest BCUT2D eigenvalue weighted by atomic mass is 10.0. The molecular weight excluding hydrogens is 695 g/mol. The Labute approximate surface area is 336 Å². The van der Waals surface area contributed by atoms with Gasteiger partial charge in [-0.25, -0.2) is 0 Å². The van der Waals surface area contributed by atoms with Crippen LogP contribution < -0.4 is 10.2 Å². The lowest BCUT2D eigenvalue weighted by molar-refractivity contribution is -0.870. The number of nitrogens with zero attached hydrogens (tertiary/aromatic N) is 1. The topological polar surface area (TPSA) is 108 Å². The van der Waals surface area contributed by atoms with Gasteiger partial charge in [-0.3, -0.25) is 9.36 Å². The van der Waals surface area contributed by atoms with Gasteiger partial charge in [0.1, 0.15) is 13.2 Å². The van der Waals surface area contributed by atoms with E-state index in [4.69, 9.17) is 9.05 Å². The van der Waals surface area contributed by atoms with E-state index in [2.05, 4.69) is 12.2 Å². The standard InChI is InChI=1S/C45H93N2O6P/c1-6-8-9-10-11-12-13-14-15-16-17-18-19-20-21-22-23-24-25-26-27-28-29-30-31-32-33-34-35-36-37-38-39-44(48)43(46-45(49)7-2)42-53-54(50,51)52-41-40-47(3,4)5/h43-44,48H,6-42H2,1-5H3,(H-,46,49,50,51). The third kappa shape index (κ3) is 39.7. The molecule has 9 heteroatoms. The molecule has 0 aromatic heterocycles. The fourth-order valence-corrected chi connectivity index (χ4v) is 7.85. The van der Waals surface area contributed by atoms with Crippen LogP contribution in [0.5, 0.6) is 0 Å². The Bertz CT molecular complexity index is 855. The number of hydrogen-bond donors (Lipinski definition) is 2. The first-order valence-corrected chi connectivity index (χ1v) is 24.8. The minimum absolute atomic E-state index is 0.0124. The molecule has 0 fully saturated rings. The number of rotatable bonds is 43. The van der Waals surface area contributed by atoms with Crippen LogP contribution in [0.4, 0.5) is 0 Å². The van der Waals surface area contributed by atoms with Crippen LogP contribution in [0.1, 0.15) is 232 Å². The second-order valence-electron chi connectivity index (χ2n) is 17.4. The average molecular weight is 789 g/mol. The van der Waals surface area contributed by atoms with E-state index in [0.29, 0.717) is 17.4 Å². The number of aliphatic hydroxyl groups is 1. The number of unbranched alkanes of at least 4 members (excludes halogenated alkanes) is 31. The molecule has 8 nitrogen and oxygen atoms in total. The Morgan fingerprint density at radius 3 is 1.19 bits per heavy atom. The number of nitrogens with one attached hydrogen (secondary N) is 1. The van der Waals surface area contributed by atoms with Crippen LogP contribution in [0.3, 0.4) is 0 Å². The fourth-order valence-electron chi connectivity index (χ4n) is 7.12. The molecule has 324 valence electrons. The van der Waals surface area contributed by atoms with Crippen molar-refractivity contribution in [2.45, 2.75) is 244 Å². The Kier molecular flexibility index (Phi) is 37.7. The number of amides is 1. The quantitative estimate of drug-likeness (QED) is 0.0362. The van der Waals surface area contributed by atoms with Gasteiger partial charge in [0, 0.05) is 6.42 Å². The molecule has 0 rings (SSSR count). The maximum Gasteiger partial charge on any atom is 0.268 e. The van der Waals surface area contributed by atoms with Crippen molar-refractivity contribution in [1.29, 1.82) is 0 Å². The number of phosphoric ester groups is 1. The summed E-state index contributed by atoms with van der Waals surface area (Å²) in [6.45, 7) is 4.20. The third-order valence-corrected chi connectivity index (χ3v) is 11.9. The van der Waals surface area contributed by atoms with E-state index in [1.165, 1.54) is 186 Å². The highest BCUT2D eigenvalue weighted by Gasteiger charge is 2.24. The Balaban J connectivity index is 3.55. The zero-order chi connectivity index (χ0) is 40.0. The number of carbonyl (C=O) groups is 1. The summed E-state index contributed by atoms with van der Waals surface area (Å²) in [6, 6.07) is -0.792. The fraction of sp³-hybridized carbons (Fsp3) is 0.978. The summed E-state index contributed by atoms with van der Waals surface area (Å²) in [5.41, 5.74) is 0. The van der Waals surface area contributed by atoms with Crippen molar-refractivity contribution in [2.24, 2.45) is 0 Å². The van der Waals surface area contributed by atoms with Crippen LogP contribution in [0.25, 0.3) is 0 Å². The Hall–Kier alpha value is -0.500. The highest BCUT2D eigenvalue weighted by molar-refractivity contribution is 7.45. The normalized spacial score (nSPS) is 14.3.